The van der Waals surface area contributed by atoms with E-state index in [0.29, 0.717) is 6.54 Å². The lowest BCUT2D eigenvalue weighted by Gasteiger charge is -2.07. The van der Waals surface area contributed by atoms with Crippen molar-refractivity contribution in [2.45, 2.75) is 45.8 Å². The zero-order chi connectivity index (χ0) is 21.1. The number of benzene rings is 2. The molecule has 154 valence electrons. The molecule has 0 aliphatic heterocycles. The Balaban J connectivity index is 2.11. The molecule has 3 rings (SSSR count). The molecule has 0 saturated heterocycles. The van der Waals surface area contributed by atoms with Crippen molar-refractivity contribution in [1.82, 2.24) is 4.98 Å². The first-order valence-corrected chi connectivity index (χ1v) is 12.9. The predicted octanol–water partition coefficient (Wildman–Crippen LogP) is 4.33. The van der Waals surface area contributed by atoms with E-state index >= 15 is 0 Å². The Kier molecular flexibility index (Phi) is 6.40. The molecular formula is C20H22N2O4S3. The fourth-order valence-electron chi connectivity index (χ4n) is 2.60. The Morgan fingerprint density at radius 2 is 1.52 bits per heavy atom. The van der Waals surface area contributed by atoms with Gasteiger partial charge in [-0.25, -0.2) is 21.8 Å². The number of sulfone groups is 2. The van der Waals surface area contributed by atoms with Gasteiger partial charge in [0, 0.05) is 6.54 Å². The van der Waals surface area contributed by atoms with Gasteiger partial charge in [-0.05, 0) is 37.6 Å². The molecule has 0 saturated carbocycles. The van der Waals surface area contributed by atoms with Gasteiger partial charge in [-0.15, -0.1) is 0 Å². The van der Waals surface area contributed by atoms with Crippen molar-refractivity contribution in [2.24, 2.45) is 0 Å². The molecule has 0 fully saturated rings. The predicted molar refractivity (Wildman–Crippen MR) is 114 cm³/mol. The maximum absolute atomic E-state index is 13.2. The van der Waals surface area contributed by atoms with Crippen molar-refractivity contribution >= 4 is 36.0 Å². The van der Waals surface area contributed by atoms with Gasteiger partial charge < -0.3 is 5.32 Å². The molecule has 0 amide bonds. The smallest absolute Gasteiger partial charge is 0.233 e. The highest BCUT2D eigenvalue weighted by molar-refractivity contribution is 7.94. The van der Waals surface area contributed by atoms with Gasteiger partial charge in [-0.1, -0.05) is 60.6 Å². The molecule has 9 heteroatoms. The second-order valence-corrected chi connectivity index (χ2v) is 11.5. The Morgan fingerprint density at radius 3 is 2.14 bits per heavy atom. The van der Waals surface area contributed by atoms with E-state index in [1.165, 1.54) is 24.3 Å². The lowest BCUT2D eigenvalue weighted by Crippen LogP contribution is -2.08. The van der Waals surface area contributed by atoms with E-state index in [1.807, 2.05) is 13.8 Å². The molecule has 0 aliphatic carbocycles. The maximum atomic E-state index is 13.2. The van der Waals surface area contributed by atoms with E-state index in [-0.39, 0.29) is 24.2 Å². The summed E-state index contributed by atoms with van der Waals surface area (Å²) in [6, 6.07) is 14.3. The van der Waals surface area contributed by atoms with Crippen molar-refractivity contribution in [2.75, 3.05) is 11.9 Å². The van der Waals surface area contributed by atoms with Crippen LogP contribution in [0.3, 0.4) is 0 Å². The maximum Gasteiger partial charge on any atom is 0.233 e. The van der Waals surface area contributed by atoms with Gasteiger partial charge in [0.15, 0.2) is 5.03 Å². The molecule has 29 heavy (non-hydrogen) atoms. The zero-order valence-electron chi connectivity index (χ0n) is 16.1. The lowest BCUT2D eigenvalue weighted by atomic mass is 10.2. The minimum absolute atomic E-state index is 0.0770. The summed E-state index contributed by atoms with van der Waals surface area (Å²) in [7, 11) is -7.89. The molecule has 0 spiro atoms. The third-order valence-corrected chi connectivity index (χ3v) is 9.25. The summed E-state index contributed by atoms with van der Waals surface area (Å²) in [4.78, 5) is 4.24. The highest BCUT2D eigenvalue weighted by Gasteiger charge is 2.31. The van der Waals surface area contributed by atoms with Crippen LogP contribution in [0.15, 0.2) is 73.8 Å². The summed E-state index contributed by atoms with van der Waals surface area (Å²) < 4.78 is 52.1. The van der Waals surface area contributed by atoms with E-state index < -0.39 is 19.7 Å². The standard InChI is InChI=1S/C20H22N2O4S3/c1-3-4-14-21-18-19(28(23,24)17-12-10-15(2)11-13-17)22-20(27-18)29(25,26)16-8-6-5-7-9-16/h5-13,21H,3-4,14H2,1-2H3. The third kappa shape index (κ3) is 4.52. The molecule has 0 bridgehead atoms. The van der Waals surface area contributed by atoms with Crippen molar-refractivity contribution in [3.63, 3.8) is 0 Å². The molecule has 2 aromatic carbocycles. The van der Waals surface area contributed by atoms with Gasteiger partial charge in [0.2, 0.25) is 24.0 Å². The number of hydrogen-bond donors (Lipinski definition) is 1. The number of nitrogens with zero attached hydrogens (tertiary/aromatic N) is 1. The van der Waals surface area contributed by atoms with Gasteiger partial charge in [-0.2, -0.15) is 0 Å². The number of unbranched alkanes of at least 4 members (excludes halogenated alkanes) is 1. The van der Waals surface area contributed by atoms with Crippen LogP contribution in [0, 0.1) is 6.92 Å². The Hall–Kier alpha value is -2.23. The van der Waals surface area contributed by atoms with Gasteiger partial charge >= 0.3 is 0 Å². The van der Waals surface area contributed by atoms with E-state index in [1.54, 1.807) is 30.3 Å². The monoisotopic (exact) mass is 450 g/mol. The average molecular weight is 451 g/mol. The minimum atomic E-state index is -3.97. The molecule has 0 atom stereocenters. The van der Waals surface area contributed by atoms with E-state index in [4.69, 9.17) is 0 Å². The summed E-state index contributed by atoms with van der Waals surface area (Å²) in [5.41, 5.74) is 0.927. The fourth-order valence-corrected chi connectivity index (χ4v) is 6.94. The number of hydrogen-bond acceptors (Lipinski definition) is 7. The molecule has 3 aromatic rings. The first-order chi connectivity index (χ1) is 13.8. The lowest BCUT2D eigenvalue weighted by molar-refractivity contribution is 0.589. The van der Waals surface area contributed by atoms with Gasteiger partial charge in [0.25, 0.3) is 0 Å². The van der Waals surface area contributed by atoms with Crippen LogP contribution in [0.2, 0.25) is 0 Å². The van der Waals surface area contributed by atoms with Crippen LogP contribution in [0.1, 0.15) is 25.3 Å². The van der Waals surface area contributed by atoms with Crippen LogP contribution >= 0.6 is 11.3 Å². The Bertz CT molecular complexity index is 1180. The van der Waals surface area contributed by atoms with Gasteiger partial charge in [0.05, 0.1) is 9.79 Å². The van der Waals surface area contributed by atoms with Crippen LogP contribution in [0.4, 0.5) is 5.00 Å². The van der Waals surface area contributed by atoms with Crippen molar-refractivity contribution in [3.8, 4) is 0 Å². The number of nitrogens with one attached hydrogen (secondary N) is 1. The number of anilines is 1. The normalized spacial score (nSPS) is 12.1. The third-order valence-electron chi connectivity index (χ3n) is 4.26. The summed E-state index contributed by atoms with van der Waals surface area (Å²) in [6.45, 7) is 4.41. The largest absolute Gasteiger partial charge is 0.374 e. The topological polar surface area (TPSA) is 93.2 Å². The van der Waals surface area contributed by atoms with Crippen LogP contribution in [0.25, 0.3) is 0 Å². The summed E-state index contributed by atoms with van der Waals surface area (Å²) in [6.07, 6.45) is 1.74. The van der Waals surface area contributed by atoms with E-state index in [0.717, 1.165) is 29.7 Å². The number of aryl methyl sites for hydroxylation is 1. The van der Waals surface area contributed by atoms with Crippen LogP contribution in [0.5, 0.6) is 0 Å². The summed E-state index contributed by atoms with van der Waals surface area (Å²) in [5, 5.41) is 3.05. The van der Waals surface area contributed by atoms with E-state index in [2.05, 4.69) is 10.3 Å². The fraction of sp³-hybridized carbons (Fsp3) is 0.250. The first-order valence-electron chi connectivity index (χ1n) is 9.13. The van der Waals surface area contributed by atoms with Gasteiger partial charge in [-0.3, -0.25) is 0 Å². The average Bonchev–Trinajstić information content (AvgIpc) is 3.15. The summed E-state index contributed by atoms with van der Waals surface area (Å²) >= 11 is 0.847. The second kappa shape index (κ2) is 8.64. The molecule has 0 unspecified atom stereocenters. The quantitative estimate of drug-likeness (QED) is 0.514. The second-order valence-electron chi connectivity index (χ2n) is 6.53. The molecule has 6 nitrogen and oxygen atoms in total. The molecule has 1 N–H and O–H groups in total. The van der Waals surface area contributed by atoms with Crippen LogP contribution in [-0.4, -0.2) is 28.4 Å². The Labute approximate surface area is 175 Å². The number of thiazole rings is 1. The Morgan fingerprint density at radius 1 is 0.897 bits per heavy atom. The van der Waals surface area contributed by atoms with Crippen LogP contribution < -0.4 is 5.32 Å². The molecule has 0 radical (unpaired) electrons. The molecular weight excluding hydrogens is 428 g/mol. The van der Waals surface area contributed by atoms with Crippen molar-refractivity contribution in [1.29, 1.82) is 0 Å². The van der Waals surface area contributed by atoms with Crippen molar-refractivity contribution in [3.05, 3.63) is 60.2 Å². The molecule has 1 heterocycles. The molecule has 0 aliphatic rings. The SMILES string of the molecule is CCCCNc1sc(S(=O)(=O)c2ccccc2)nc1S(=O)(=O)c1ccc(C)cc1. The van der Waals surface area contributed by atoms with Crippen molar-refractivity contribution < 1.29 is 16.8 Å². The number of rotatable bonds is 8. The summed E-state index contributed by atoms with van der Waals surface area (Å²) in [5.74, 6) is 0. The van der Waals surface area contributed by atoms with E-state index in [9.17, 15) is 16.8 Å². The zero-order valence-corrected chi connectivity index (χ0v) is 18.6. The minimum Gasteiger partial charge on any atom is -0.374 e. The van der Waals surface area contributed by atoms with Crippen LogP contribution in [-0.2, 0) is 19.7 Å². The van der Waals surface area contributed by atoms with Gasteiger partial charge in [0.1, 0.15) is 5.00 Å². The first kappa shape index (κ1) is 21.5. The highest BCUT2D eigenvalue weighted by atomic mass is 32.2. The number of aromatic nitrogens is 1. The molecule has 1 aromatic heterocycles. The highest BCUT2D eigenvalue weighted by Crippen LogP contribution is 2.36.